The molecule has 0 bridgehead atoms. The third-order valence-corrected chi connectivity index (χ3v) is 5.14. The van der Waals surface area contributed by atoms with Crippen LogP contribution in [0.3, 0.4) is 0 Å². The van der Waals surface area contributed by atoms with E-state index in [1.54, 1.807) is 12.4 Å². The molecule has 1 aromatic carbocycles. The number of piperazine rings is 1. The Bertz CT molecular complexity index is 920. The molecule has 1 aliphatic rings. The Kier molecular flexibility index (Phi) is 5.27. The lowest BCUT2D eigenvalue weighted by Gasteiger charge is -2.34. The molecule has 0 atom stereocenters. The molecule has 4 rings (SSSR count). The van der Waals surface area contributed by atoms with E-state index >= 15 is 0 Å². The number of hydrogen-bond donors (Lipinski definition) is 1. The van der Waals surface area contributed by atoms with E-state index in [1.165, 1.54) is 0 Å². The van der Waals surface area contributed by atoms with E-state index in [0.717, 1.165) is 36.3 Å². The predicted molar refractivity (Wildman–Crippen MR) is 105 cm³/mol. The molecule has 140 valence electrons. The first kappa shape index (κ1) is 17.8. The monoisotopic (exact) mass is 384 g/mol. The van der Waals surface area contributed by atoms with Gasteiger partial charge in [-0.25, -0.2) is 0 Å². The first-order valence-corrected chi connectivity index (χ1v) is 9.40. The highest BCUT2D eigenvalue weighted by molar-refractivity contribution is 6.35. The van der Waals surface area contributed by atoms with Crippen LogP contribution in [0.4, 0.5) is 0 Å². The summed E-state index contributed by atoms with van der Waals surface area (Å²) in [7, 11) is 0. The number of ether oxygens (including phenoxy) is 1. The van der Waals surface area contributed by atoms with Crippen LogP contribution in [0, 0.1) is 0 Å². The molecule has 3 heterocycles. The first-order valence-electron chi connectivity index (χ1n) is 9.02. The SMILES string of the molecule is O=C(c1cc2c(Cl)cccc2[nH]1)N1CCN(CCOc2cccnc2)CC1. The average Bonchev–Trinajstić information content (AvgIpc) is 3.15. The van der Waals surface area contributed by atoms with Crippen LogP contribution in [0.2, 0.25) is 5.02 Å². The second-order valence-electron chi connectivity index (χ2n) is 6.56. The van der Waals surface area contributed by atoms with E-state index in [4.69, 9.17) is 16.3 Å². The highest BCUT2D eigenvalue weighted by Gasteiger charge is 2.23. The van der Waals surface area contributed by atoms with E-state index in [0.29, 0.717) is 30.4 Å². The van der Waals surface area contributed by atoms with Gasteiger partial charge in [0.05, 0.1) is 6.20 Å². The van der Waals surface area contributed by atoms with Gasteiger partial charge in [-0.2, -0.15) is 0 Å². The van der Waals surface area contributed by atoms with E-state index in [9.17, 15) is 4.79 Å². The fraction of sp³-hybridized carbons (Fsp3) is 0.300. The summed E-state index contributed by atoms with van der Waals surface area (Å²) >= 11 is 6.21. The summed E-state index contributed by atoms with van der Waals surface area (Å²) in [5.41, 5.74) is 1.48. The van der Waals surface area contributed by atoms with Gasteiger partial charge in [0.1, 0.15) is 18.1 Å². The largest absolute Gasteiger partial charge is 0.491 e. The number of rotatable bonds is 5. The number of nitrogens with one attached hydrogen (secondary N) is 1. The number of carbonyl (C=O) groups excluding carboxylic acids is 1. The van der Waals surface area contributed by atoms with Gasteiger partial charge in [-0.05, 0) is 30.3 Å². The molecule has 1 saturated heterocycles. The Labute approximate surface area is 162 Å². The zero-order valence-electron chi connectivity index (χ0n) is 14.9. The third-order valence-electron chi connectivity index (χ3n) is 4.81. The summed E-state index contributed by atoms with van der Waals surface area (Å²) in [5, 5.41) is 1.54. The number of H-pyrrole nitrogens is 1. The van der Waals surface area contributed by atoms with E-state index < -0.39 is 0 Å². The Hall–Kier alpha value is -2.57. The number of fused-ring (bicyclic) bond motifs is 1. The van der Waals surface area contributed by atoms with Crippen LogP contribution >= 0.6 is 11.6 Å². The number of aromatic nitrogens is 2. The number of benzene rings is 1. The molecule has 0 spiro atoms. The number of pyridine rings is 1. The summed E-state index contributed by atoms with van der Waals surface area (Å²) in [6.07, 6.45) is 3.44. The van der Waals surface area contributed by atoms with Crippen LogP contribution < -0.4 is 4.74 Å². The maximum atomic E-state index is 12.8. The number of nitrogens with zero attached hydrogens (tertiary/aromatic N) is 3. The highest BCUT2D eigenvalue weighted by Crippen LogP contribution is 2.24. The molecule has 0 saturated carbocycles. The van der Waals surface area contributed by atoms with E-state index in [2.05, 4.69) is 14.9 Å². The minimum Gasteiger partial charge on any atom is -0.491 e. The fourth-order valence-electron chi connectivity index (χ4n) is 3.30. The van der Waals surface area contributed by atoms with Crippen molar-refractivity contribution in [3.05, 3.63) is 59.5 Å². The maximum absolute atomic E-state index is 12.8. The topological polar surface area (TPSA) is 61.5 Å². The predicted octanol–water partition coefficient (Wildman–Crippen LogP) is 3.05. The van der Waals surface area contributed by atoms with Crippen LogP contribution in [0.5, 0.6) is 5.75 Å². The van der Waals surface area contributed by atoms with Crippen LogP contribution in [0.1, 0.15) is 10.5 Å². The van der Waals surface area contributed by atoms with Crippen molar-refractivity contribution in [2.45, 2.75) is 0 Å². The van der Waals surface area contributed by atoms with Gasteiger partial charge in [0.15, 0.2) is 0 Å². The third kappa shape index (κ3) is 4.07. The van der Waals surface area contributed by atoms with Gasteiger partial charge in [-0.3, -0.25) is 14.7 Å². The molecule has 3 aromatic rings. The molecule has 1 amide bonds. The van der Waals surface area contributed by atoms with E-state index in [-0.39, 0.29) is 5.91 Å². The molecule has 27 heavy (non-hydrogen) atoms. The number of halogens is 1. The van der Waals surface area contributed by atoms with Crippen LogP contribution in [0.25, 0.3) is 10.9 Å². The normalized spacial score (nSPS) is 15.2. The minimum absolute atomic E-state index is 0.0218. The molecule has 0 radical (unpaired) electrons. The lowest BCUT2D eigenvalue weighted by Crippen LogP contribution is -2.49. The lowest BCUT2D eigenvalue weighted by molar-refractivity contribution is 0.0615. The maximum Gasteiger partial charge on any atom is 0.270 e. The zero-order valence-corrected chi connectivity index (χ0v) is 15.7. The molecule has 0 aliphatic carbocycles. The van der Waals surface area contributed by atoms with Gasteiger partial charge >= 0.3 is 0 Å². The van der Waals surface area contributed by atoms with Crippen molar-refractivity contribution in [2.24, 2.45) is 0 Å². The van der Waals surface area contributed by atoms with Gasteiger partial charge in [0.25, 0.3) is 5.91 Å². The Morgan fingerprint density at radius 2 is 2.04 bits per heavy atom. The minimum atomic E-state index is 0.0218. The molecule has 1 fully saturated rings. The van der Waals surface area contributed by atoms with Crippen LogP contribution in [-0.2, 0) is 0 Å². The number of carbonyl (C=O) groups is 1. The zero-order chi connectivity index (χ0) is 18.6. The van der Waals surface area contributed by atoms with Gasteiger partial charge < -0.3 is 14.6 Å². The summed E-state index contributed by atoms with van der Waals surface area (Å²) in [6, 6.07) is 11.2. The second-order valence-corrected chi connectivity index (χ2v) is 6.96. The fourth-order valence-corrected chi connectivity index (χ4v) is 3.53. The van der Waals surface area contributed by atoms with Crippen molar-refractivity contribution >= 4 is 28.4 Å². The highest BCUT2D eigenvalue weighted by atomic mass is 35.5. The average molecular weight is 385 g/mol. The summed E-state index contributed by atoms with van der Waals surface area (Å²) in [4.78, 5) is 24.2. The summed E-state index contributed by atoms with van der Waals surface area (Å²) in [5.74, 6) is 0.803. The molecule has 1 N–H and O–H groups in total. The number of amides is 1. The first-order chi connectivity index (χ1) is 13.2. The lowest BCUT2D eigenvalue weighted by atomic mass is 10.2. The van der Waals surface area contributed by atoms with Crippen molar-refractivity contribution in [1.82, 2.24) is 19.8 Å². The van der Waals surface area contributed by atoms with Gasteiger partial charge in [0, 0.05) is 54.8 Å². The molecular weight excluding hydrogens is 364 g/mol. The quantitative estimate of drug-likeness (QED) is 0.734. The Morgan fingerprint density at radius 3 is 2.78 bits per heavy atom. The number of hydrogen-bond acceptors (Lipinski definition) is 4. The molecule has 6 nitrogen and oxygen atoms in total. The summed E-state index contributed by atoms with van der Waals surface area (Å²) in [6.45, 7) is 4.52. The van der Waals surface area contributed by atoms with Crippen LogP contribution in [0.15, 0.2) is 48.8 Å². The molecule has 2 aromatic heterocycles. The molecular formula is C20H21ClN4O2. The second kappa shape index (κ2) is 7.98. The van der Waals surface area contributed by atoms with Crippen molar-refractivity contribution in [1.29, 1.82) is 0 Å². The van der Waals surface area contributed by atoms with Crippen molar-refractivity contribution in [3.8, 4) is 5.75 Å². The Balaban J connectivity index is 1.29. The Morgan fingerprint density at radius 1 is 1.19 bits per heavy atom. The summed E-state index contributed by atoms with van der Waals surface area (Å²) < 4.78 is 5.70. The number of aromatic amines is 1. The smallest absolute Gasteiger partial charge is 0.270 e. The van der Waals surface area contributed by atoms with E-state index in [1.807, 2.05) is 41.3 Å². The molecule has 1 aliphatic heterocycles. The van der Waals surface area contributed by atoms with Gasteiger partial charge in [-0.1, -0.05) is 17.7 Å². The standard InChI is InChI=1S/C20H21ClN4O2/c21-17-4-1-5-18-16(17)13-19(23-18)20(26)25-9-7-24(8-10-25)11-12-27-15-3-2-6-22-14-15/h1-6,13-14,23H,7-12H2. The van der Waals surface area contributed by atoms with Crippen molar-refractivity contribution in [2.75, 3.05) is 39.3 Å². The van der Waals surface area contributed by atoms with Crippen LogP contribution in [-0.4, -0.2) is 65.0 Å². The van der Waals surface area contributed by atoms with Gasteiger partial charge in [-0.15, -0.1) is 0 Å². The van der Waals surface area contributed by atoms with Crippen molar-refractivity contribution < 1.29 is 9.53 Å². The van der Waals surface area contributed by atoms with Crippen molar-refractivity contribution in [3.63, 3.8) is 0 Å². The molecule has 7 heteroatoms. The van der Waals surface area contributed by atoms with Gasteiger partial charge in [0.2, 0.25) is 0 Å². The molecule has 0 unspecified atom stereocenters.